The summed E-state index contributed by atoms with van der Waals surface area (Å²) in [5.74, 6) is 0.0295. The van der Waals surface area contributed by atoms with E-state index in [1.807, 2.05) is 23.1 Å². The highest BCUT2D eigenvalue weighted by atomic mass is 16.2. The molecule has 0 spiro atoms. The Kier molecular flexibility index (Phi) is 4.70. The van der Waals surface area contributed by atoms with Crippen molar-refractivity contribution in [1.29, 1.82) is 0 Å². The molecule has 0 bridgehead atoms. The van der Waals surface area contributed by atoms with Crippen LogP contribution in [0.3, 0.4) is 0 Å². The highest BCUT2D eigenvalue weighted by Gasteiger charge is 2.22. The fourth-order valence-electron chi connectivity index (χ4n) is 3.09. The Hall–Kier alpha value is -3.06. The zero-order valence-electron chi connectivity index (χ0n) is 14.4. The molecule has 1 saturated heterocycles. The lowest BCUT2D eigenvalue weighted by molar-refractivity contribution is 0.0649. The van der Waals surface area contributed by atoms with Crippen LogP contribution in [0.2, 0.25) is 0 Å². The number of hydrogen-bond acceptors (Lipinski definition) is 5. The van der Waals surface area contributed by atoms with Crippen LogP contribution < -0.4 is 0 Å². The first-order valence-corrected chi connectivity index (χ1v) is 8.70. The Balaban J connectivity index is 1.31. The summed E-state index contributed by atoms with van der Waals surface area (Å²) < 4.78 is 1.53. The van der Waals surface area contributed by atoms with Crippen molar-refractivity contribution in [3.05, 3.63) is 65.9 Å². The van der Waals surface area contributed by atoms with E-state index in [9.17, 15) is 4.79 Å². The van der Waals surface area contributed by atoms with Gasteiger partial charge in [0.2, 0.25) is 0 Å². The summed E-state index contributed by atoms with van der Waals surface area (Å²) >= 11 is 0. The maximum absolute atomic E-state index is 12.7. The molecule has 7 heteroatoms. The smallest absolute Gasteiger partial charge is 0.255 e. The predicted molar refractivity (Wildman–Crippen MR) is 98.6 cm³/mol. The number of piperazine rings is 1. The quantitative estimate of drug-likeness (QED) is 0.716. The van der Waals surface area contributed by atoms with Gasteiger partial charge in [-0.1, -0.05) is 42.5 Å². The van der Waals surface area contributed by atoms with E-state index >= 15 is 0 Å². The van der Waals surface area contributed by atoms with Gasteiger partial charge in [-0.3, -0.25) is 9.69 Å². The number of carbonyl (C=O) groups excluding carboxylic acids is 1. The molecular formula is C19H20N6O. The Morgan fingerprint density at radius 2 is 1.85 bits per heavy atom. The average molecular weight is 348 g/mol. The summed E-state index contributed by atoms with van der Waals surface area (Å²) in [5, 5.41) is 11.3. The number of fused-ring (bicyclic) bond motifs is 1. The molecule has 0 aliphatic carbocycles. The van der Waals surface area contributed by atoms with Crippen LogP contribution in [0.1, 0.15) is 15.9 Å². The molecule has 0 unspecified atom stereocenters. The van der Waals surface area contributed by atoms with Gasteiger partial charge in [-0.05, 0) is 28.1 Å². The molecule has 0 atom stereocenters. The van der Waals surface area contributed by atoms with Crippen LogP contribution in [0.25, 0.3) is 11.7 Å². The van der Waals surface area contributed by atoms with Gasteiger partial charge in [-0.15, -0.1) is 5.10 Å². The zero-order chi connectivity index (χ0) is 17.8. The lowest BCUT2D eigenvalue weighted by Gasteiger charge is -2.34. The number of carbonyl (C=O) groups is 1. The molecule has 1 aromatic carbocycles. The number of nitrogens with zero attached hydrogens (tertiary/aromatic N) is 6. The minimum absolute atomic E-state index is 0.0295. The van der Waals surface area contributed by atoms with Crippen LogP contribution in [0.15, 0.2) is 54.7 Å². The summed E-state index contributed by atoms with van der Waals surface area (Å²) in [5.41, 5.74) is 2.46. The summed E-state index contributed by atoms with van der Waals surface area (Å²) in [4.78, 5) is 16.9. The number of benzene rings is 1. The number of amides is 1. The number of aromatic nitrogens is 4. The van der Waals surface area contributed by atoms with E-state index in [1.54, 1.807) is 18.3 Å². The Morgan fingerprint density at radius 3 is 2.65 bits per heavy atom. The normalized spacial score (nSPS) is 15.8. The third-order valence-electron chi connectivity index (χ3n) is 4.57. The molecule has 26 heavy (non-hydrogen) atoms. The van der Waals surface area contributed by atoms with Crippen molar-refractivity contribution in [2.75, 3.05) is 32.7 Å². The topological polar surface area (TPSA) is 66.6 Å². The average Bonchev–Trinajstić information content (AvgIpc) is 3.17. The van der Waals surface area contributed by atoms with E-state index in [4.69, 9.17) is 0 Å². The van der Waals surface area contributed by atoms with Gasteiger partial charge in [0.25, 0.3) is 5.91 Å². The Morgan fingerprint density at radius 1 is 1.04 bits per heavy atom. The van der Waals surface area contributed by atoms with Crippen LogP contribution in [0.4, 0.5) is 0 Å². The number of tetrazole rings is 1. The fourth-order valence-corrected chi connectivity index (χ4v) is 3.09. The first-order valence-electron chi connectivity index (χ1n) is 8.70. The molecule has 0 radical (unpaired) electrons. The van der Waals surface area contributed by atoms with E-state index < -0.39 is 0 Å². The van der Waals surface area contributed by atoms with Gasteiger partial charge in [-0.25, -0.2) is 0 Å². The summed E-state index contributed by atoms with van der Waals surface area (Å²) in [6.45, 7) is 4.10. The van der Waals surface area contributed by atoms with Crippen molar-refractivity contribution in [1.82, 2.24) is 29.8 Å². The highest BCUT2D eigenvalue weighted by molar-refractivity contribution is 5.94. The number of rotatable bonds is 4. The predicted octanol–water partition coefficient (Wildman–Crippen LogP) is 1.60. The molecule has 3 heterocycles. The van der Waals surface area contributed by atoms with Gasteiger partial charge in [0.05, 0.1) is 5.56 Å². The molecule has 3 aromatic rings. The molecular weight excluding hydrogens is 328 g/mol. The van der Waals surface area contributed by atoms with E-state index in [0.717, 1.165) is 32.7 Å². The Bertz CT molecular complexity index is 912. The second-order valence-corrected chi connectivity index (χ2v) is 6.31. The van der Waals surface area contributed by atoms with Crippen molar-refractivity contribution in [3.63, 3.8) is 0 Å². The zero-order valence-corrected chi connectivity index (χ0v) is 14.4. The summed E-state index contributed by atoms with van der Waals surface area (Å²) in [6.07, 6.45) is 6.00. The minimum Gasteiger partial charge on any atom is -0.336 e. The third kappa shape index (κ3) is 3.62. The maximum Gasteiger partial charge on any atom is 0.255 e. The van der Waals surface area contributed by atoms with Crippen molar-refractivity contribution in [3.8, 4) is 0 Å². The minimum atomic E-state index is 0.0295. The SMILES string of the molecule is O=C(c1ccc2nnnn2c1)N1CCN(C/C=C/c2ccccc2)CC1. The van der Waals surface area contributed by atoms with Crippen LogP contribution in [-0.2, 0) is 0 Å². The molecule has 1 aliphatic heterocycles. The van der Waals surface area contributed by atoms with E-state index in [2.05, 4.69) is 44.7 Å². The molecule has 0 N–H and O–H groups in total. The maximum atomic E-state index is 12.7. The second kappa shape index (κ2) is 7.45. The van der Waals surface area contributed by atoms with Crippen LogP contribution in [0, 0.1) is 0 Å². The largest absolute Gasteiger partial charge is 0.336 e. The molecule has 1 fully saturated rings. The summed E-state index contributed by atoms with van der Waals surface area (Å²) in [6, 6.07) is 13.8. The molecule has 1 aliphatic rings. The standard InChI is InChI=1S/C19H20N6O/c26-19(17-8-9-18-20-21-22-25(18)15-17)24-13-11-23(12-14-24)10-4-7-16-5-2-1-3-6-16/h1-9,15H,10-14H2/b7-4+. The van der Waals surface area contributed by atoms with Gasteiger partial charge in [0, 0.05) is 38.9 Å². The number of pyridine rings is 1. The van der Waals surface area contributed by atoms with E-state index in [1.165, 1.54) is 10.1 Å². The molecule has 132 valence electrons. The molecule has 7 nitrogen and oxygen atoms in total. The first kappa shape index (κ1) is 16.4. The summed E-state index contributed by atoms with van der Waals surface area (Å²) in [7, 11) is 0. The van der Waals surface area contributed by atoms with E-state index in [-0.39, 0.29) is 5.91 Å². The van der Waals surface area contributed by atoms with Crippen molar-refractivity contribution in [2.45, 2.75) is 0 Å². The molecule has 4 rings (SSSR count). The molecule has 0 saturated carbocycles. The van der Waals surface area contributed by atoms with Gasteiger partial charge >= 0.3 is 0 Å². The molecule has 1 amide bonds. The van der Waals surface area contributed by atoms with Crippen LogP contribution in [0.5, 0.6) is 0 Å². The van der Waals surface area contributed by atoms with Crippen LogP contribution in [-0.4, -0.2) is 68.5 Å². The second-order valence-electron chi connectivity index (χ2n) is 6.31. The van der Waals surface area contributed by atoms with Gasteiger partial charge < -0.3 is 4.90 Å². The first-order chi connectivity index (χ1) is 12.8. The van der Waals surface area contributed by atoms with Gasteiger partial charge in [-0.2, -0.15) is 4.52 Å². The van der Waals surface area contributed by atoms with Crippen molar-refractivity contribution in [2.24, 2.45) is 0 Å². The van der Waals surface area contributed by atoms with Crippen molar-refractivity contribution >= 4 is 17.6 Å². The lowest BCUT2D eigenvalue weighted by Crippen LogP contribution is -2.48. The van der Waals surface area contributed by atoms with E-state index in [0.29, 0.717) is 11.2 Å². The monoisotopic (exact) mass is 348 g/mol. The third-order valence-corrected chi connectivity index (χ3v) is 4.57. The van der Waals surface area contributed by atoms with Crippen LogP contribution >= 0.6 is 0 Å². The van der Waals surface area contributed by atoms with Gasteiger partial charge in [0.15, 0.2) is 5.65 Å². The van der Waals surface area contributed by atoms with Gasteiger partial charge in [0.1, 0.15) is 0 Å². The highest BCUT2D eigenvalue weighted by Crippen LogP contribution is 2.10. The Labute approximate surface area is 151 Å². The van der Waals surface area contributed by atoms with Crippen molar-refractivity contribution < 1.29 is 4.79 Å². The lowest BCUT2D eigenvalue weighted by atomic mass is 10.2. The fraction of sp³-hybridized carbons (Fsp3) is 0.263. The molecule has 2 aromatic heterocycles. The number of hydrogen-bond donors (Lipinski definition) is 0.